The van der Waals surface area contributed by atoms with E-state index in [-0.39, 0.29) is 11.1 Å². The molecule has 0 saturated carbocycles. The highest BCUT2D eigenvalue weighted by atomic mass is 16.5. The van der Waals surface area contributed by atoms with Crippen molar-refractivity contribution in [1.29, 1.82) is 0 Å². The van der Waals surface area contributed by atoms with Crippen molar-refractivity contribution in [3.8, 4) is 0 Å². The number of hydrogen-bond donors (Lipinski definition) is 0. The summed E-state index contributed by atoms with van der Waals surface area (Å²) in [5, 5.41) is 5.09. The van der Waals surface area contributed by atoms with E-state index in [1.54, 1.807) is 0 Å². The molecule has 1 aliphatic heterocycles. The monoisotopic (exact) mass is 198 g/mol. The number of rotatable bonds is 4. The third kappa shape index (κ3) is 2.12. The summed E-state index contributed by atoms with van der Waals surface area (Å²) < 4.78 is 5.77. The van der Waals surface area contributed by atoms with Crippen LogP contribution in [0.5, 0.6) is 0 Å². The van der Waals surface area contributed by atoms with Gasteiger partial charge < -0.3 is 4.74 Å². The van der Waals surface area contributed by atoms with Crippen LogP contribution >= 0.6 is 0 Å². The minimum absolute atomic E-state index is 0.101. The highest BCUT2D eigenvalue weighted by Crippen LogP contribution is 2.31. The lowest BCUT2D eigenvalue weighted by Gasteiger charge is -2.46. The normalized spacial score (nSPS) is 24.9. The maximum atomic E-state index is 5.77. The lowest BCUT2D eigenvalue weighted by molar-refractivity contribution is -0.0538. The summed E-state index contributed by atoms with van der Waals surface area (Å²) >= 11 is 0. The Bertz CT molecular complexity index is 153. The highest BCUT2D eigenvalue weighted by molar-refractivity contribution is 4.99. The Morgan fingerprint density at radius 3 is 1.50 bits per heavy atom. The molecule has 1 fully saturated rings. The zero-order chi connectivity index (χ0) is 10.7. The Morgan fingerprint density at radius 2 is 1.21 bits per heavy atom. The van der Waals surface area contributed by atoms with E-state index in [0.29, 0.717) is 0 Å². The minimum Gasteiger partial charge on any atom is -0.377 e. The van der Waals surface area contributed by atoms with Crippen molar-refractivity contribution in [2.24, 2.45) is 0 Å². The van der Waals surface area contributed by atoms with Gasteiger partial charge in [-0.3, -0.25) is 0 Å². The lowest BCUT2D eigenvalue weighted by Crippen LogP contribution is -2.60. The fourth-order valence-electron chi connectivity index (χ4n) is 2.22. The Labute approximate surface area is 88.4 Å². The Morgan fingerprint density at radius 1 is 0.857 bits per heavy atom. The Balaban J connectivity index is 2.75. The van der Waals surface area contributed by atoms with Gasteiger partial charge in [0, 0.05) is 0 Å². The van der Waals surface area contributed by atoms with Crippen LogP contribution in [0.15, 0.2) is 0 Å². The second kappa shape index (κ2) is 4.63. The third-order valence-corrected chi connectivity index (χ3v) is 3.85. The van der Waals surface area contributed by atoms with Crippen LogP contribution in [0.1, 0.15) is 53.4 Å². The zero-order valence-electron chi connectivity index (χ0n) is 10.1. The van der Waals surface area contributed by atoms with Crippen LogP contribution < -0.4 is 5.32 Å². The maximum Gasteiger partial charge on any atom is 0.0665 e. The molecule has 0 spiro atoms. The van der Waals surface area contributed by atoms with Crippen LogP contribution in [0.2, 0.25) is 0 Å². The van der Waals surface area contributed by atoms with Crippen LogP contribution in [0.3, 0.4) is 0 Å². The molecule has 0 bridgehead atoms. The number of morpholine rings is 1. The summed E-state index contributed by atoms with van der Waals surface area (Å²) in [6, 6.07) is 0. The molecule has 0 N–H and O–H groups in total. The fraction of sp³-hybridized carbons (Fsp3) is 1.00. The van der Waals surface area contributed by atoms with E-state index >= 15 is 0 Å². The van der Waals surface area contributed by atoms with E-state index < -0.39 is 0 Å². The molecule has 0 aliphatic carbocycles. The topological polar surface area (TPSA) is 23.3 Å². The summed E-state index contributed by atoms with van der Waals surface area (Å²) in [5.41, 5.74) is 0.203. The maximum absolute atomic E-state index is 5.77. The Hall–Kier alpha value is -0.0800. The van der Waals surface area contributed by atoms with Crippen molar-refractivity contribution >= 4 is 0 Å². The second-order valence-electron chi connectivity index (χ2n) is 4.47. The van der Waals surface area contributed by atoms with Gasteiger partial charge in [-0.15, -0.1) is 0 Å². The molecule has 0 unspecified atom stereocenters. The molecule has 0 amide bonds. The summed E-state index contributed by atoms with van der Waals surface area (Å²) in [6.45, 7) is 10.5. The van der Waals surface area contributed by atoms with Gasteiger partial charge in [0.15, 0.2) is 0 Å². The molecule has 1 rings (SSSR count). The average molecular weight is 198 g/mol. The van der Waals surface area contributed by atoms with Gasteiger partial charge in [0.1, 0.15) is 0 Å². The predicted molar refractivity (Wildman–Crippen MR) is 59.6 cm³/mol. The minimum atomic E-state index is 0.101. The van der Waals surface area contributed by atoms with Gasteiger partial charge in [-0.05, 0) is 25.7 Å². The van der Waals surface area contributed by atoms with Gasteiger partial charge in [-0.1, -0.05) is 27.7 Å². The number of hydrogen-bond acceptors (Lipinski definition) is 1. The van der Waals surface area contributed by atoms with Crippen LogP contribution in [0, 0.1) is 0 Å². The quantitative estimate of drug-likeness (QED) is 0.681. The summed E-state index contributed by atoms with van der Waals surface area (Å²) in [6.07, 6.45) is 4.41. The first kappa shape index (κ1) is 12.0. The zero-order valence-corrected chi connectivity index (χ0v) is 10.1. The molecular formula is C12H24NO. The van der Waals surface area contributed by atoms with E-state index in [2.05, 4.69) is 27.7 Å². The molecule has 1 aliphatic rings. The smallest absolute Gasteiger partial charge is 0.0665 e. The first-order valence-corrected chi connectivity index (χ1v) is 5.97. The van der Waals surface area contributed by atoms with Gasteiger partial charge in [-0.25, -0.2) is 5.32 Å². The van der Waals surface area contributed by atoms with Crippen molar-refractivity contribution in [3.63, 3.8) is 0 Å². The average Bonchev–Trinajstić information content (AvgIpc) is 2.29. The van der Waals surface area contributed by atoms with Gasteiger partial charge >= 0.3 is 0 Å². The van der Waals surface area contributed by atoms with E-state index in [1.165, 1.54) is 0 Å². The molecule has 1 radical (unpaired) electrons. The molecule has 0 atom stereocenters. The number of nitrogens with zero attached hydrogens (tertiary/aromatic N) is 1. The van der Waals surface area contributed by atoms with Crippen LogP contribution in [-0.2, 0) is 4.74 Å². The van der Waals surface area contributed by atoms with Gasteiger partial charge in [0.05, 0.1) is 24.3 Å². The van der Waals surface area contributed by atoms with E-state index in [0.717, 1.165) is 38.9 Å². The lowest BCUT2D eigenvalue weighted by atomic mass is 9.83. The van der Waals surface area contributed by atoms with E-state index in [1.807, 2.05) is 0 Å². The molecule has 1 saturated heterocycles. The standard InChI is InChI=1S/C12H24NO/c1-5-11(6-2)9-14-10-12(7-3,8-4)13-11/h5-10H2,1-4H3. The predicted octanol–water partition coefficient (Wildman–Crippen LogP) is 2.74. The molecule has 0 aromatic heterocycles. The molecule has 1 heterocycles. The molecule has 0 aromatic carbocycles. The van der Waals surface area contributed by atoms with Gasteiger partial charge in [-0.2, -0.15) is 0 Å². The van der Waals surface area contributed by atoms with Gasteiger partial charge in [0.25, 0.3) is 0 Å². The number of ether oxygens (including phenoxy) is 1. The van der Waals surface area contributed by atoms with Crippen molar-refractivity contribution in [2.75, 3.05) is 13.2 Å². The van der Waals surface area contributed by atoms with E-state index in [9.17, 15) is 0 Å². The first-order valence-electron chi connectivity index (χ1n) is 5.97. The molecule has 2 nitrogen and oxygen atoms in total. The van der Waals surface area contributed by atoms with Crippen molar-refractivity contribution in [1.82, 2.24) is 5.32 Å². The fourth-order valence-corrected chi connectivity index (χ4v) is 2.22. The molecule has 83 valence electrons. The van der Waals surface area contributed by atoms with Crippen molar-refractivity contribution in [2.45, 2.75) is 64.5 Å². The first-order chi connectivity index (χ1) is 6.66. The molecular weight excluding hydrogens is 174 g/mol. The largest absolute Gasteiger partial charge is 0.377 e. The summed E-state index contributed by atoms with van der Waals surface area (Å²) in [7, 11) is 0. The third-order valence-electron chi connectivity index (χ3n) is 3.85. The van der Waals surface area contributed by atoms with E-state index in [4.69, 9.17) is 10.1 Å². The summed E-state index contributed by atoms with van der Waals surface area (Å²) in [5.74, 6) is 0. The van der Waals surface area contributed by atoms with Crippen LogP contribution in [-0.4, -0.2) is 24.3 Å². The van der Waals surface area contributed by atoms with Crippen LogP contribution in [0.4, 0.5) is 0 Å². The molecule has 2 heteroatoms. The second-order valence-corrected chi connectivity index (χ2v) is 4.47. The molecule has 0 aromatic rings. The summed E-state index contributed by atoms with van der Waals surface area (Å²) in [4.78, 5) is 0. The highest BCUT2D eigenvalue weighted by Gasteiger charge is 2.42. The SMILES string of the molecule is CCC1(CC)COCC(CC)(CC)[N]1. The van der Waals surface area contributed by atoms with Crippen molar-refractivity contribution < 1.29 is 4.74 Å². The van der Waals surface area contributed by atoms with Crippen molar-refractivity contribution in [3.05, 3.63) is 0 Å². The Kier molecular flexibility index (Phi) is 3.96. The van der Waals surface area contributed by atoms with Crippen LogP contribution in [0.25, 0.3) is 0 Å². The molecule has 14 heavy (non-hydrogen) atoms. The van der Waals surface area contributed by atoms with Gasteiger partial charge in [0.2, 0.25) is 0 Å².